The van der Waals surface area contributed by atoms with Crippen LogP contribution < -0.4 is 20.4 Å². The second-order valence-corrected chi connectivity index (χ2v) is 7.79. The van der Waals surface area contributed by atoms with Crippen LogP contribution in [0.3, 0.4) is 0 Å². The number of amides is 2. The molecule has 3 rings (SSSR count). The Balaban J connectivity index is 1.43. The number of anilines is 2. The molecule has 1 aliphatic heterocycles. The SMILES string of the molecule is C[C@@H](C(=O)Nc1ccc(Cl)cc1)[NH+]1CC[NH+](CC(=O)Nc2ccc(F)cc2)CC1. The van der Waals surface area contributed by atoms with Crippen LogP contribution in [0.5, 0.6) is 0 Å². The number of halogens is 2. The van der Waals surface area contributed by atoms with E-state index >= 15 is 0 Å². The first-order valence-corrected chi connectivity index (χ1v) is 10.1. The maximum atomic E-state index is 12.9. The van der Waals surface area contributed by atoms with E-state index in [9.17, 15) is 14.0 Å². The van der Waals surface area contributed by atoms with Gasteiger partial charge in [0.1, 0.15) is 32.0 Å². The lowest BCUT2D eigenvalue weighted by Crippen LogP contribution is -3.30. The predicted molar refractivity (Wildman–Crippen MR) is 111 cm³/mol. The minimum Gasteiger partial charge on any atom is -0.321 e. The highest BCUT2D eigenvalue weighted by atomic mass is 35.5. The molecule has 1 fully saturated rings. The molecule has 0 saturated carbocycles. The number of carbonyl (C=O) groups is 2. The summed E-state index contributed by atoms with van der Waals surface area (Å²) in [4.78, 5) is 27.1. The molecule has 1 aliphatic rings. The van der Waals surface area contributed by atoms with Gasteiger partial charge in [-0.25, -0.2) is 4.39 Å². The summed E-state index contributed by atoms with van der Waals surface area (Å²) in [6, 6.07) is 12.6. The average Bonchev–Trinajstić information content (AvgIpc) is 2.71. The van der Waals surface area contributed by atoms with E-state index in [1.54, 1.807) is 36.4 Å². The number of piperazine rings is 1. The van der Waals surface area contributed by atoms with E-state index in [1.807, 2.05) is 6.92 Å². The van der Waals surface area contributed by atoms with E-state index < -0.39 is 0 Å². The first kappa shape index (κ1) is 21.2. The number of hydrogen-bond acceptors (Lipinski definition) is 2. The molecular weight excluding hydrogens is 395 g/mol. The Labute approximate surface area is 174 Å². The third-order valence-corrected chi connectivity index (χ3v) is 5.51. The molecule has 2 aromatic carbocycles. The fourth-order valence-corrected chi connectivity index (χ4v) is 3.60. The zero-order valence-electron chi connectivity index (χ0n) is 16.3. The number of carbonyl (C=O) groups excluding carboxylic acids is 2. The van der Waals surface area contributed by atoms with Crippen molar-refractivity contribution < 1.29 is 23.8 Å². The summed E-state index contributed by atoms with van der Waals surface area (Å²) < 4.78 is 12.9. The van der Waals surface area contributed by atoms with Crippen molar-refractivity contribution in [1.29, 1.82) is 0 Å². The summed E-state index contributed by atoms with van der Waals surface area (Å²) in [5.74, 6) is -0.453. The Bertz CT molecular complexity index is 837. The van der Waals surface area contributed by atoms with E-state index in [4.69, 9.17) is 11.6 Å². The van der Waals surface area contributed by atoms with Crippen LogP contribution in [0.4, 0.5) is 15.8 Å². The van der Waals surface area contributed by atoms with Gasteiger partial charge in [0.05, 0.1) is 0 Å². The minimum atomic E-state index is -0.332. The Hall–Kier alpha value is -2.48. The van der Waals surface area contributed by atoms with E-state index in [0.29, 0.717) is 17.3 Å². The molecule has 0 unspecified atom stereocenters. The van der Waals surface area contributed by atoms with Gasteiger partial charge in [0.15, 0.2) is 12.6 Å². The molecule has 0 aliphatic carbocycles. The molecule has 1 saturated heterocycles. The lowest BCUT2D eigenvalue weighted by Gasteiger charge is -2.32. The van der Waals surface area contributed by atoms with E-state index in [0.717, 1.165) is 31.9 Å². The van der Waals surface area contributed by atoms with Crippen molar-refractivity contribution in [2.75, 3.05) is 43.4 Å². The molecule has 2 amide bonds. The minimum absolute atomic E-state index is 0.0279. The van der Waals surface area contributed by atoms with Gasteiger partial charge >= 0.3 is 0 Å². The summed E-state index contributed by atoms with van der Waals surface area (Å²) >= 11 is 5.87. The highest BCUT2D eigenvalue weighted by Crippen LogP contribution is 2.13. The normalized spacial score (nSPS) is 20.0. The topological polar surface area (TPSA) is 67.1 Å². The molecule has 154 valence electrons. The van der Waals surface area contributed by atoms with Crippen LogP contribution in [0.1, 0.15) is 6.92 Å². The zero-order valence-corrected chi connectivity index (χ0v) is 17.1. The van der Waals surface area contributed by atoms with Crippen LogP contribution in [0, 0.1) is 5.82 Å². The number of hydrogen-bond donors (Lipinski definition) is 4. The lowest BCUT2D eigenvalue weighted by atomic mass is 10.2. The smallest absolute Gasteiger partial charge is 0.282 e. The van der Waals surface area contributed by atoms with Crippen LogP contribution in [0.2, 0.25) is 5.02 Å². The Morgan fingerprint density at radius 2 is 1.52 bits per heavy atom. The number of quaternary nitrogens is 2. The van der Waals surface area contributed by atoms with Crippen LogP contribution in [-0.2, 0) is 9.59 Å². The molecule has 6 nitrogen and oxygen atoms in total. The van der Waals surface area contributed by atoms with Gasteiger partial charge in [0.2, 0.25) is 0 Å². The van der Waals surface area contributed by atoms with Crippen molar-refractivity contribution in [1.82, 2.24) is 0 Å². The van der Waals surface area contributed by atoms with Gasteiger partial charge in [-0.1, -0.05) is 11.6 Å². The fraction of sp³-hybridized carbons (Fsp3) is 0.333. The summed E-state index contributed by atoms with van der Waals surface area (Å²) in [6.07, 6.45) is 0. The van der Waals surface area contributed by atoms with Gasteiger partial charge in [-0.3, -0.25) is 9.59 Å². The third-order valence-electron chi connectivity index (χ3n) is 5.26. The maximum absolute atomic E-state index is 12.9. The van der Waals surface area contributed by atoms with Gasteiger partial charge in [0.25, 0.3) is 11.8 Å². The fourth-order valence-electron chi connectivity index (χ4n) is 3.47. The van der Waals surface area contributed by atoms with Crippen molar-refractivity contribution in [3.63, 3.8) is 0 Å². The van der Waals surface area contributed by atoms with E-state index in [2.05, 4.69) is 10.6 Å². The first-order valence-electron chi connectivity index (χ1n) is 9.70. The van der Waals surface area contributed by atoms with Gasteiger partial charge in [0, 0.05) is 16.4 Å². The Kier molecular flexibility index (Phi) is 7.19. The van der Waals surface area contributed by atoms with Crippen molar-refractivity contribution >= 4 is 34.8 Å². The molecule has 4 N–H and O–H groups in total. The van der Waals surface area contributed by atoms with Crippen LogP contribution in [0.15, 0.2) is 48.5 Å². The molecule has 2 aromatic rings. The van der Waals surface area contributed by atoms with Crippen LogP contribution in [-0.4, -0.2) is 50.6 Å². The zero-order chi connectivity index (χ0) is 20.8. The quantitative estimate of drug-likeness (QED) is 0.540. The molecule has 0 radical (unpaired) electrons. The summed E-state index contributed by atoms with van der Waals surface area (Å²) in [5.41, 5.74) is 1.32. The Morgan fingerprint density at radius 1 is 0.966 bits per heavy atom. The largest absolute Gasteiger partial charge is 0.321 e. The highest BCUT2D eigenvalue weighted by molar-refractivity contribution is 6.30. The average molecular weight is 421 g/mol. The van der Waals surface area contributed by atoms with Crippen molar-refractivity contribution in [2.45, 2.75) is 13.0 Å². The van der Waals surface area contributed by atoms with Gasteiger partial charge < -0.3 is 20.4 Å². The van der Waals surface area contributed by atoms with Crippen molar-refractivity contribution in [3.8, 4) is 0 Å². The highest BCUT2D eigenvalue weighted by Gasteiger charge is 2.31. The lowest BCUT2D eigenvalue weighted by molar-refractivity contribution is -1.01. The second-order valence-electron chi connectivity index (χ2n) is 7.36. The molecule has 29 heavy (non-hydrogen) atoms. The molecule has 1 atom stereocenters. The summed E-state index contributed by atoms with van der Waals surface area (Å²) in [6.45, 7) is 5.53. The van der Waals surface area contributed by atoms with Crippen molar-refractivity contribution in [2.24, 2.45) is 0 Å². The molecule has 0 aromatic heterocycles. The number of nitrogens with one attached hydrogen (secondary N) is 4. The van der Waals surface area contributed by atoms with Crippen LogP contribution in [0.25, 0.3) is 0 Å². The van der Waals surface area contributed by atoms with E-state index in [1.165, 1.54) is 21.9 Å². The molecule has 8 heteroatoms. The van der Waals surface area contributed by atoms with Crippen LogP contribution >= 0.6 is 11.6 Å². The summed E-state index contributed by atoms with van der Waals surface area (Å²) in [7, 11) is 0. The molecule has 1 heterocycles. The third kappa shape index (κ3) is 6.25. The van der Waals surface area contributed by atoms with Gasteiger partial charge in [-0.05, 0) is 55.5 Å². The van der Waals surface area contributed by atoms with Crippen molar-refractivity contribution in [3.05, 3.63) is 59.4 Å². The molecule has 0 bridgehead atoms. The maximum Gasteiger partial charge on any atom is 0.282 e. The van der Waals surface area contributed by atoms with E-state index in [-0.39, 0.29) is 23.7 Å². The molecular formula is C21H26ClFN4O2+2. The standard InChI is InChI=1S/C21H24ClFN4O2/c1-15(21(29)25-19-6-2-16(22)3-7-19)27-12-10-26(11-13-27)14-20(28)24-18-8-4-17(23)5-9-18/h2-9,15H,10-14H2,1H3,(H,24,28)(H,25,29)/p+2/t15-/m0/s1. The monoisotopic (exact) mass is 420 g/mol. The predicted octanol–water partition coefficient (Wildman–Crippen LogP) is 0.228. The molecule has 0 spiro atoms. The second kappa shape index (κ2) is 9.82. The Morgan fingerprint density at radius 3 is 2.14 bits per heavy atom. The van der Waals surface area contributed by atoms with Gasteiger partial charge in [-0.15, -0.1) is 0 Å². The number of benzene rings is 2. The van der Waals surface area contributed by atoms with Gasteiger partial charge in [-0.2, -0.15) is 0 Å². The summed E-state index contributed by atoms with van der Waals surface area (Å²) in [5, 5.41) is 6.35. The first-order chi connectivity index (χ1) is 13.9. The number of rotatable bonds is 6.